The molecule has 2 atom stereocenters. The highest BCUT2D eigenvalue weighted by atomic mass is 16.2. The summed E-state index contributed by atoms with van der Waals surface area (Å²) in [6, 6.07) is 9.26. The molecule has 0 aromatic heterocycles. The van der Waals surface area contributed by atoms with Crippen molar-refractivity contribution in [2.75, 3.05) is 12.4 Å². The zero-order valence-corrected chi connectivity index (χ0v) is 12.3. The highest BCUT2D eigenvalue weighted by Gasteiger charge is 2.33. The number of anilines is 1. The van der Waals surface area contributed by atoms with Gasteiger partial charge in [-0.2, -0.15) is 5.26 Å². The van der Waals surface area contributed by atoms with Crippen LogP contribution < -0.4 is 5.32 Å². The second-order valence-electron chi connectivity index (χ2n) is 5.60. The number of benzene rings is 1. The number of amides is 1. The number of hydrogen-bond donors (Lipinski definition) is 1. The van der Waals surface area contributed by atoms with Gasteiger partial charge < -0.3 is 5.32 Å². The molecule has 0 aliphatic heterocycles. The van der Waals surface area contributed by atoms with Crippen LogP contribution in [0.5, 0.6) is 0 Å². The number of nitrogens with zero attached hydrogens (tertiary/aromatic N) is 2. The summed E-state index contributed by atoms with van der Waals surface area (Å²) in [4.78, 5) is 14.4. The number of likely N-dealkylation sites (N-methyl/N-ethyl adjacent to an activating group) is 1. The first-order valence-corrected chi connectivity index (χ1v) is 7.06. The fraction of sp³-hybridized carbons (Fsp3) is 0.500. The Morgan fingerprint density at radius 3 is 2.45 bits per heavy atom. The second-order valence-corrected chi connectivity index (χ2v) is 5.60. The van der Waals surface area contributed by atoms with E-state index in [1.54, 1.807) is 24.3 Å². The van der Waals surface area contributed by atoms with Gasteiger partial charge in [0.05, 0.1) is 17.7 Å². The molecular formula is C16H21N3O. The van der Waals surface area contributed by atoms with Crippen LogP contribution in [-0.2, 0) is 4.79 Å². The van der Waals surface area contributed by atoms with Gasteiger partial charge in [0.15, 0.2) is 0 Å². The van der Waals surface area contributed by atoms with E-state index in [0.29, 0.717) is 11.6 Å². The molecule has 0 heterocycles. The summed E-state index contributed by atoms with van der Waals surface area (Å²) in [7, 11) is 2.01. The highest BCUT2D eigenvalue weighted by molar-refractivity contribution is 5.94. The average molecular weight is 271 g/mol. The lowest BCUT2D eigenvalue weighted by atomic mass is 10.1. The van der Waals surface area contributed by atoms with Crippen LogP contribution in [-0.4, -0.2) is 29.9 Å². The van der Waals surface area contributed by atoms with Crippen LogP contribution in [0, 0.1) is 17.2 Å². The molecule has 0 saturated heterocycles. The number of nitrogens with one attached hydrogen (secondary N) is 1. The second kappa shape index (κ2) is 6.06. The number of hydrogen-bond acceptors (Lipinski definition) is 3. The third kappa shape index (κ3) is 3.37. The third-order valence-electron chi connectivity index (χ3n) is 4.22. The lowest BCUT2D eigenvalue weighted by Gasteiger charge is -2.30. The van der Waals surface area contributed by atoms with Crippen molar-refractivity contribution >= 4 is 11.6 Å². The van der Waals surface area contributed by atoms with E-state index in [4.69, 9.17) is 5.26 Å². The minimum Gasteiger partial charge on any atom is -0.325 e. The van der Waals surface area contributed by atoms with Crippen molar-refractivity contribution in [2.45, 2.75) is 38.8 Å². The van der Waals surface area contributed by atoms with Crippen LogP contribution in [0.2, 0.25) is 0 Å². The van der Waals surface area contributed by atoms with Gasteiger partial charge in [-0.05, 0) is 63.9 Å². The van der Waals surface area contributed by atoms with Crippen molar-refractivity contribution in [1.82, 2.24) is 4.90 Å². The predicted octanol–water partition coefficient (Wildman–Crippen LogP) is 2.62. The highest BCUT2D eigenvalue weighted by Crippen LogP contribution is 2.35. The van der Waals surface area contributed by atoms with E-state index in [2.05, 4.69) is 23.2 Å². The molecule has 0 spiro atoms. The van der Waals surface area contributed by atoms with E-state index in [9.17, 15) is 4.79 Å². The number of nitriles is 1. The molecule has 2 unspecified atom stereocenters. The minimum atomic E-state index is -0.166. The molecule has 1 N–H and O–H groups in total. The molecule has 1 fully saturated rings. The SMILES string of the molecule is CC(C(=O)Nc1ccc(C#N)cc1)N(C)C(C)C1CC1. The molecule has 4 heteroatoms. The average Bonchev–Trinajstić information content (AvgIpc) is 3.30. The summed E-state index contributed by atoms with van der Waals surface area (Å²) in [5.41, 5.74) is 1.32. The summed E-state index contributed by atoms with van der Waals surface area (Å²) in [6.07, 6.45) is 2.55. The Hall–Kier alpha value is -1.86. The van der Waals surface area contributed by atoms with Crippen molar-refractivity contribution in [3.63, 3.8) is 0 Å². The first-order valence-electron chi connectivity index (χ1n) is 7.06. The molecule has 1 aromatic carbocycles. The van der Waals surface area contributed by atoms with Crippen molar-refractivity contribution in [1.29, 1.82) is 5.26 Å². The molecular weight excluding hydrogens is 250 g/mol. The zero-order chi connectivity index (χ0) is 14.7. The Kier molecular flexibility index (Phi) is 4.41. The number of carbonyl (C=O) groups is 1. The maximum atomic E-state index is 12.2. The standard InChI is InChI=1S/C16H21N3O/c1-11(14-6-7-14)19(3)12(2)16(20)18-15-8-4-13(10-17)5-9-15/h4-5,8-9,11-12,14H,6-7H2,1-3H3,(H,18,20). The van der Waals surface area contributed by atoms with Crippen LogP contribution in [0.25, 0.3) is 0 Å². The Labute approximate surface area is 120 Å². The largest absolute Gasteiger partial charge is 0.325 e. The molecule has 0 bridgehead atoms. The van der Waals surface area contributed by atoms with Crippen molar-refractivity contribution in [3.05, 3.63) is 29.8 Å². The van der Waals surface area contributed by atoms with E-state index < -0.39 is 0 Å². The van der Waals surface area contributed by atoms with E-state index in [0.717, 1.165) is 11.6 Å². The van der Waals surface area contributed by atoms with E-state index in [1.807, 2.05) is 14.0 Å². The Bertz CT molecular complexity index is 514. The van der Waals surface area contributed by atoms with Gasteiger partial charge in [-0.1, -0.05) is 0 Å². The Morgan fingerprint density at radius 2 is 1.95 bits per heavy atom. The fourth-order valence-electron chi connectivity index (χ4n) is 2.32. The smallest absolute Gasteiger partial charge is 0.241 e. The topological polar surface area (TPSA) is 56.1 Å². The lowest BCUT2D eigenvalue weighted by Crippen LogP contribution is -2.45. The quantitative estimate of drug-likeness (QED) is 0.895. The van der Waals surface area contributed by atoms with E-state index in [-0.39, 0.29) is 11.9 Å². The first-order chi connectivity index (χ1) is 9.52. The number of carbonyl (C=O) groups excluding carboxylic acids is 1. The first kappa shape index (κ1) is 14.5. The van der Waals surface area contributed by atoms with Crippen LogP contribution in [0.15, 0.2) is 24.3 Å². The van der Waals surface area contributed by atoms with Gasteiger partial charge in [0.25, 0.3) is 0 Å². The van der Waals surface area contributed by atoms with E-state index >= 15 is 0 Å². The summed E-state index contributed by atoms with van der Waals surface area (Å²) in [6.45, 7) is 4.11. The number of rotatable bonds is 5. The molecule has 1 aromatic rings. The predicted molar refractivity (Wildman–Crippen MR) is 79.2 cm³/mol. The molecule has 0 radical (unpaired) electrons. The van der Waals surface area contributed by atoms with Crippen LogP contribution >= 0.6 is 0 Å². The van der Waals surface area contributed by atoms with Gasteiger partial charge >= 0.3 is 0 Å². The molecule has 1 aliphatic rings. The van der Waals surface area contributed by atoms with Gasteiger partial charge in [-0.25, -0.2) is 0 Å². The van der Waals surface area contributed by atoms with Gasteiger partial charge in [0.1, 0.15) is 0 Å². The molecule has 4 nitrogen and oxygen atoms in total. The van der Waals surface area contributed by atoms with Crippen molar-refractivity contribution in [3.8, 4) is 6.07 Å². The van der Waals surface area contributed by atoms with Gasteiger partial charge in [0, 0.05) is 11.7 Å². The Balaban J connectivity index is 1.94. The summed E-state index contributed by atoms with van der Waals surface area (Å²) in [5, 5.41) is 11.6. The summed E-state index contributed by atoms with van der Waals surface area (Å²) >= 11 is 0. The van der Waals surface area contributed by atoms with Gasteiger partial charge in [-0.15, -0.1) is 0 Å². The maximum Gasteiger partial charge on any atom is 0.241 e. The van der Waals surface area contributed by atoms with Gasteiger partial charge in [0.2, 0.25) is 5.91 Å². The van der Waals surface area contributed by atoms with Crippen LogP contribution in [0.1, 0.15) is 32.3 Å². The minimum absolute atomic E-state index is 0.00953. The third-order valence-corrected chi connectivity index (χ3v) is 4.22. The normalized spacial score (nSPS) is 17.4. The fourth-order valence-corrected chi connectivity index (χ4v) is 2.32. The monoisotopic (exact) mass is 271 g/mol. The van der Waals surface area contributed by atoms with Crippen LogP contribution in [0.4, 0.5) is 5.69 Å². The lowest BCUT2D eigenvalue weighted by molar-refractivity contribution is -0.121. The Morgan fingerprint density at radius 1 is 1.35 bits per heavy atom. The molecule has 1 aliphatic carbocycles. The van der Waals surface area contributed by atoms with E-state index in [1.165, 1.54) is 12.8 Å². The summed E-state index contributed by atoms with van der Waals surface area (Å²) < 4.78 is 0. The summed E-state index contributed by atoms with van der Waals surface area (Å²) in [5.74, 6) is 0.731. The molecule has 20 heavy (non-hydrogen) atoms. The van der Waals surface area contributed by atoms with Gasteiger partial charge in [-0.3, -0.25) is 9.69 Å². The maximum absolute atomic E-state index is 12.2. The molecule has 1 amide bonds. The molecule has 1 saturated carbocycles. The van der Waals surface area contributed by atoms with Crippen LogP contribution in [0.3, 0.4) is 0 Å². The van der Waals surface area contributed by atoms with Crippen molar-refractivity contribution in [2.24, 2.45) is 5.92 Å². The molecule has 2 rings (SSSR count). The zero-order valence-electron chi connectivity index (χ0n) is 12.3. The van der Waals surface area contributed by atoms with Crippen molar-refractivity contribution < 1.29 is 4.79 Å². The molecule has 106 valence electrons.